The quantitative estimate of drug-likeness (QED) is 0.825. The Labute approximate surface area is 109 Å². The Balaban J connectivity index is 2.56. The molecule has 1 unspecified atom stereocenters. The summed E-state index contributed by atoms with van der Waals surface area (Å²) in [6.07, 6.45) is 0.488. The van der Waals surface area contributed by atoms with E-state index in [0.717, 1.165) is 24.5 Å². The number of hydrogen-bond acceptors (Lipinski definition) is 3. The first kappa shape index (κ1) is 14.7. The monoisotopic (exact) mass is 252 g/mol. The van der Waals surface area contributed by atoms with Crippen molar-refractivity contribution in [2.75, 3.05) is 27.2 Å². The lowest BCUT2D eigenvalue weighted by molar-refractivity contribution is -0.130. The number of nitrogens with one attached hydrogen (secondary N) is 1. The maximum Gasteiger partial charge on any atom is 0.224 e. The van der Waals surface area contributed by atoms with E-state index in [4.69, 9.17) is 0 Å². The third kappa shape index (κ3) is 3.84. The maximum absolute atomic E-state index is 12.0. The summed E-state index contributed by atoms with van der Waals surface area (Å²) in [4.78, 5) is 13.8. The van der Waals surface area contributed by atoms with Crippen LogP contribution >= 0.6 is 0 Å². The van der Waals surface area contributed by atoms with Gasteiger partial charge in [-0.05, 0) is 33.9 Å². The van der Waals surface area contributed by atoms with Crippen LogP contribution in [0.15, 0.2) is 6.07 Å². The smallest absolute Gasteiger partial charge is 0.224 e. The first-order valence-electron chi connectivity index (χ1n) is 6.37. The van der Waals surface area contributed by atoms with Crippen LogP contribution in [-0.4, -0.2) is 47.8 Å². The van der Waals surface area contributed by atoms with E-state index in [9.17, 15) is 4.79 Å². The van der Waals surface area contributed by atoms with Gasteiger partial charge in [0.05, 0.1) is 11.7 Å². The largest absolute Gasteiger partial charge is 0.344 e. The van der Waals surface area contributed by atoms with E-state index in [1.54, 1.807) is 4.90 Å². The summed E-state index contributed by atoms with van der Waals surface area (Å²) in [5.74, 6) is 0.158. The van der Waals surface area contributed by atoms with Gasteiger partial charge >= 0.3 is 0 Å². The predicted molar refractivity (Wildman–Crippen MR) is 72.6 cm³/mol. The van der Waals surface area contributed by atoms with Crippen molar-refractivity contribution in [2.45, 2.75) is 33.2 Å². The van der Waals surface area contributed by atoms with Crippen LogP contribution in [0.25, 0.3) is 0 Å². The molecule has 1 atom stereocenters. The molecule has 0 aromatic carbocycles. The molecule has 0 spiro atoms. The first-order chi connectivity index (χ1) is 8.45. The van der Waals surface area contributed by atoms with Crippen LogP contribution in [0.5, 0.6) is 0 Å². The zero-order valence-corrected chi connectivity index (χ0v) is 12.0. The topological polar surface area (TPSA) is 50.2 Å². The van der Waals surface area contributed by atoms with Crippen molar-refractivity contribution in [3.63, 3.8) is 0 Å². The maximum atomic E-state index is 12.0. The molecule has 0 saturated carbocycles. The van der Waals surface area contributed by atoms with Gasteiger partial charge in [-0.2, -0.15) is 5.10 Å². The molecule has 5 heteroatoms. The molecule has 0 saturated heterocycles. The normalized spacial score (nSPS) is 12.5. The Morgan fingerprint density at radius 3 is 2.72 bits per heavy atom. The number of amides is 1. The summed E-state index contributed by atoms with van der Waals surface area (Å²) in [5, 5.41) is 7.46. The average Bonchev–Trinajstić information content (AvgIpc) is 2.65. The number of nitrogens with zero attached hydrogens (tertiary/aromatic N) is 3. The molecule has 1 amide bonds. The zero-order valence-electron chi connectivity index (χ0n) is 12.0. The fourth-order valence-electron chi connectivity index (χ4n) is 1.99. The van der Waals surface area contributed by atoms with Crippen molar-refractivity contribution < 1.29 is 4.79 Å². The number of aryl methyl sites for hydroxylation is 2. The van der Waals surface area contributed by atoms with Gasteiger partial charge in [0, 0.05) is 32.3 Å². The Morgan fingerprint density at radius 1 is 1.56 bits per heavy atom. The number of aromatic nitrogens is 2. The molecular formula is C13H24N4O. The van der Waals surface area contributed by atoms with Crippen LogP contribution < -0.4 is 5.32 Å². The van der Waals surface area contributed by atoms with Crippen LogP contribution in [0.2, 0.25) is 0 Å². The molecule has 0 radical (unpaired) electrons. The lowest BCUT2D eigenvalue weighted by atomic mass is 10.2. The summed E-state index contributed by atoms with van der Waals surface area (Å²) in [7, 11) is 3.73. The molecule has 18 heavy (non-hydrogen) atoms. The Hall–Kier alpha value is -1.36. The molecule has 102 valence electrons. The van der Waals surface area contributed by atoms with Crippen molar-refractivity contribution in [1.29, 1.82) is 0 Å². The van der Waals surface area contributed by atoms with Gasteiger partial charge in [0.1, 0.15) is 0 Å². The van der Waals surface area contributed by atoms with Gasteiger partial charge in [-0.1, -0.05) is 0 Å². The molecule has 1 N–H and O–H groups in total. The van der Waals surface area contributed by atoms with Crippen molar-refractivity contribution in [1.82, 2.24) is 20.0 Å². The molecule has 0 fully saturated rings. The van der Waals surface area contributed by atoms with Crippen molar-refractivity contribution in [2.24, 2.45) is 0 Å². The van der Waals surface area contributed by atoms with Gasteiger partial charge in [-0.3, -0.25) is 9.48 Å². The molecular weight excluding hydrogens is 228 g/mol. The Kier molecular flexibility index (Phi) is 5.34. The Bertz CT molecular complexity index is 400. The van der Waals surface area contributed by atoms with Crippen molar-refractivity contribution >= 4 is 5.91 Å². The number of hydrogen-bond donors (Lipinski definition) is 1. The van der Waals surface area contributed by atoms with Gasteiger partial charge in [-0.15, -0.1) is 0 Å². The number of likely N-dealkylation sites (N-methyl/N-ethyl adjacent to an activating group) is 2. The number of rotatable bonds is 6. The van der Waals surface area contributed by atoms with Crippen molar-refractivity contribution in [3.8, 4) is 0 Å². The highest BCUT2D eigenvalue weighted by Gasteiger charge is 2.16. The van der Waals surface area contributed by atoms with Crippen LogP contribution in [0.1, 0.15) is 30.8 Å². The molecule has 1 aromatic heterocycles. The van der Waals surface area contributed by atoms with Gasteiger partial charge in [0.25, 0.3) is 0 Å². The highest BCUT2D eigenvalue weighted by molar-refractivity contribution is 5.76. The third-order valence-corrected chi connectivity index (χ3v) is 3.06. The summed E-state index contributed by atoms with van der Waals surface area (Å²) in [6.45, 7) is 7.57. The van der Waals surface area contributed by atoms with Crippen LogP contribution in [0, 0.1) is 13.8 Å². The lowest BCUT2D eigenvalue weighted by Crippen LogP contribution is -2.34. The van der Waals surface area contributed by atoms with E-state index in [1.807, 2.05) is 45.6 Å². The number of carbonyl (C=O) groups excluding carboxylic acids is 1. The molecule has 5 nitrogen and oxygen atoms in total. The van der Waals surface area contributed by atoms with E-state index in [2.05, 4.69) is 10.4 Å². The van der Waals surface area contributed by atoms with Crippen LogP contribution in [-0.2, 0) is 4.79 Å². The van der Waals surface area contributed by atoms with E-state index >= 15 is 0 Å². The third-order valence-electron chi connectivity index (χ3n) is 3.06. The van der Waals surface area contributed by atoms with E-state index in [1.165, 1.54) is 0 Å². The van der Waals surface area contributed by atoms with Gasteiger partial charge in [-0.25, -0.2) is 0 Å². The molecule has 1 heterocycles. The van der Waals surface area contributed by atoms with E-state index < -0.39 is 0 Å². The second-order valence-corrected chi connectivity index (χ2v) is 4.84. The molecule has 0 bridgehead atoms. The molecule has 0 aliphatic heterocycles. The summed E-state index contributed by atoms with van der Waals surface area (Å²) in [5.41, 5.74) is 2.10. The first-order valence-corrected chi connectivity index (χ1v) is 6.37. The molecule has 1 rings (SSSR count). The average molecular weight is 252 g/mol. The van der Waals surface area contributed by atoms with Gasteiger partial charge in [0.15, 0.2) is 0 Å². The predicted octanol–water partition coefficient (Wildman–Crippen LogP) is 1.13. The van der Waals surface area contributed by atoms with E-state index in [0.29, 0.717) is 6.42 Å². The minimum absolute atomic E-state index is 0.100. The second-order valence-electron chi connectivity index (χ2n) is 4.84. The SMILES string of the molecule is CNCCN(C)C(=O)CC(C)n1nc(C)cc1C. The second kappa shape index (κ2) is 6.54. The fraction of sp³-hybridized carbons (Fsp3) is 0.692. The summed E-state index contributed by atoms with van der Waals surface area (Å²) >= 11 is 0. The standard InChI is InChI=1S/C13H24N4O/c1-10-8-11(2)17(15-10)12(3)9-13(18)16(5)7-6-14-4/h8,12,14H,6-7,9H2,1-5H3. The van der Waals surface area contributed by atoms with Crippen LogP contribution in [0.3, 0.4) is 0 Å². The van der Waals surface area contributed by atoms with Gasteiger partial charge in [0.2, 0.25) is 5.91 Å². The molecule has 0 aliphatic carbocycles. The molecule has 0 aliphatic rings. The molecule has 1 aromatic rings. The minimum Gasteiger partial charge on any atom is -0.344 e. The van der Waals surface area contributed by atoms with E-state index in [-0.39, 0.29) is 11.9 Å². The number of carbonyl (C=O) groups is 1. The Morgan fingerprint density at radius 2 is 2.22 bits per heavy atom. The lowest BCUT2D eigenvalue weighted by Gasteiger charge is -2.20. The highest BCUT2D eigenvalue weighted by atomic mass is 16.2. The highest BCUT2D eigenvalue weighted by Crippen LogP contribution is 2.15. The zero-order chi connectivity index (χ0) is 13.7. The van der Waals surface area contributed by atoms with Gasteiger partial charge < -0.3 is 10.2 Å². The minimum atomic E-state index is 0.100. The summed E-state index contributed by atoms with van der Waals surface area (Å²) in [6, 6.07) is 2.13. The summed E-state index contributed by atoms with van der Waals surface area (Å²) < 4.78 is 1.93. The van der Waals surface area contributed by atoms with Crippen molar-refractivity contribution in [3.05, 3.63) is 17.5 Å². The fourth-order valence-corrected chi connectivity index (χ4v) is 1.99. The van der Waals surface area contributed by atoms with Crippen LogP contribution in [0.4, 0.5) is 0 Å².